The molecule has 3 aliphatic heterocycles. The summed E-state index contributed by atoms with van der Waals surface area (Å²) in [5, 5.41) is 0. The van der Waals surface area contributed by atoms with Crippen molar-refractivity contribution in [3.05, 3.63) is 59.8 Å². The Kier molecular flexibility index (Phi) is 31.9. The van der Waals surface area contributed by atoms with Gasteiger partial charge < -0.3 is 14.2 Å². The highest BCUT2D eigenvalue weighted by atomic mass is 16.5. The van der Waals surface area contributed by atoms with E-state index < -0.39 is 0 Å². The van der Waals surface area contributed by atoms with E-state index in [0.717, 1.165) is 38.4 Å². The minimum Gasteiger partial charge on any atom is -0.381 e. The molecule has 0 radical (unpaired) electrons. The topological polar surface area (TPSA) is 27.7 Å². The van der Waals surface area contributed by atoms with Gasteiger partial charge in [-0.05, 0) is 105 Å². The minimum absolute atomic E-state index is 0. The maximum absolute atomic E-state index is 5.51. The van der Waals surface area contributed by atoms with Crippen molar-refractivity contribution in [2.75, 3.05) is 26.4 Å². The second-order valence-electron chi connectivity index (χ2n) is 10.5. The molecule has 0 spiro atoms. The average Bonchev–Trinajstić information content (AvgIpc) is 3.69. The first-order valence-corrected chi connectivity index (χ1v) is 14.9. The normalized spacial score (nSPS) is 20.6. The fraction of sp³-hybridized carbons (Fsp3) is 0.722. The van der Waals surface area contributed by atoms with E-state index in [1.807, 2.05) is 6.92 Å². The highest BCUT2D eigenvalue weighted by Crippen LogP contribution is 2.24. The Hall–Kier alpha value is -1.42. The zero-order valence-corrected chi connectivity index (χ0v) is 25.4. The van der Waals surface area contributed by atoms with Crippen LogP contribution >= 0.6 is 0 Å². The predicted molar refractivity (Wildman–Crippen MR) is 177 cm³/mol. The third-order valence-electron chi connectivity index (χ3n) is 6.69. The molecule has 3 heteroatoms. The molecule has 39 heavy (non-hydrogen) atoms. The Morgan fingerprint density at radius 2 is 1.13 bits per heavy atom. The zero-order chi connectivity index (χ0) is 27.7. The first-order chi connectivity index (χ1) is 17.8. The second kappa shape index (κ2) is 29.6. The van der Waals surface area contributed by atoms with Crippen LogP contribution in [0.1, 0.15) is 133 Å². The van der Waals surface area contributed by atoms with Gasteiger partial charge in [0.15, 0.2) is 0 Å². The van der Waals surface area contributed by atoms with Gasteiger partial charge in [-0.1, -0.05) is 88.5 Å². The van der Waals surface area contributed by atoms with E-state index in [1.165, 1.54) is 87.3 Å². The van der Waals surface area contributed by atoms with E-state index in [4.69, 9.17) is 14.2 Å². The monoisotopic (exact) mass is 549 g/mol. The third-order valence-corrected chi connectivity index (χ3v) is 6.69. The van der Waals surface area contributed by atoms with Crippen LogP contribution in [0.4, 0.5) is 0 Å². The third kappa shape index (κ3) is 26.6. The summed E-state index contributed by atoms with van der Waals surface area (Å²) in [7, 11) is 0. The lowest BCUT2D eigenvalue weighted by Gasteiger charge is -2.15. The van der Waals surface area contributed by atoms with Crippen LogP contribution in [0.2, 0.25) is 0 Å². The summed E-state index contributed by atoms with van der Waals surface area (Å²) in [4.78, 5) is 0. The zero-order valence-electron chi connectivity index (χ0n) is 25.4. The highest BCUT2D eigenvalue weighted by Gasteiger charge is 2.28. The van der Waals surface area contributed by atoms with Gasteiger partial charge in [-0.3, -0.25) is 0 Å². The summed E-state index contributed by atoms with van der Waals surface area (Å²) in [6.45, 7) is 24.0. The van der Waals surface area contributed by atoms with Gasteiger partial charge >= 0.3 is 0 Å². The van der Waals surface area contributed by atoms with Crippen LogP contribution in [0.5, 0.6) is 0 Å². The van der Waals surface area contributed by atoms with Crippen LogP contribution in [0.15, 0.2) is 59.8 Å². The molecule has 2 atom stereocenters. The molecule has 0 aromatic heterocycles. The van der Waals surface area contributed by atoms with E-state index in [1.54, 1.807) is 6.08 Å². The van der Waals surface area contributed by atoms with Crippen LogP contribution < -0.4 is 0 Å². The SMILES string of the molecule is C.C.C1CCOC1.C1COC(C2CCCO2)C1.C=CC(=C)C.CC/C=C(\C)CC/C=C(\C)CC/C=C(\C)CC. The molecule has 0 aromatic rings. The molecule has 0 amide bonds. The van der Waals surface area contributed by atoms with Crippen molar-refractivity contribution < 1.29 is 14.2 Å². The first kappa shape index (κ1) is 42.1. The molecule has 0 bridgehead atoms. The van der Waals surface area contributed by atoms with Crippen molar-refractivity contribution in [2.45, 2.75) is 146 Å². The molecule has 3 saturated heterocycles. The molecule has 0 saturated carbocycles. The Balaban J connectivity index is -0.000000494. The molecule has 0 aromatic carbocycles. The lowest BCUT2D eigenvalue weighted by Crippen LogP contribution is -2.23. The number of hydrogen-bond acceptors (Lipinski definition) is 3. The van der Waals surface area contributed by atoms with Crippen molar-refractivity contribution in [3.8, 4) is 0 Å². The quantitative estimate of drug-likeness (QED) is 0.201. The molecule has 3 nitrogen and oxygen atoms in total. The molecule has 230 valence electrons. The summed E-state index contributed by atoms with van der Waals surface area (Å²) < 4.78 is 16.0. The van der Waals surface area contributed by atoms with Crippen LogP contribution in [0, 0.1) is 0 Å². The van der Waals surface area contributed by atoms with Crippen LogP contribution in [-0.4, -0.2) is 38.6 Å². The van der Waals surface area contributed by atoms with Crippen molar-refractivity contribution >= 4 is 0 Å². The summed E-state index contributed by atoms with van der Waals surface area (Å²) in [6.07, 6.45) is 24.3. The molecule has 3 rings (SSSR count). The maximum atomic E-state index is 5.51. The molecule has 2 unspecified atom stereocenters. The number of allylic oxidation sites excluding steroid dienone is 8. The van der Waals surface area contributed by atoms with Gasteiger partial charge in [-0.15, -0.1) is 0 Å². The van der Waals surface area contributed by atoms with Gasteiger partial charge in [0.05, 0.1) is 12.2 Å². The van der Waals surface area contributed by atoms with E-state index in [9.17, 15) is 0 Å². The van der Waals surface area contributed by atoms with Crippen molar-refractivity contribution in [1.82, 2.24) is 0 Å². The van der Waals surface area contributed by atoms with Crippen molar-refractivity contribution in [2.24, 2.45) is 0 Å². The van der Waals surface area contributed by atoms with Crippen molar-refractivity contribution in [1.29, 1.82) is 0 Å². The smallest absolute Gasteiger partial charge is 0.0837 e. The van der Waals surface area contributed by atoms with E-state index in [2.05, 4.69) is 66.0 Å². The van der Waals surface area contributed by atoms with E-state index >= 15 is 0 Å². The number of ether oxygens (including phenoxy) is 3. The fourth-order valence-corrected chi connectivity index (χ4v) is 4.09. The van der Waals surface area contributed by atoms with Crippen LogP contribution in [0.25, 0.3) is 0 Å². The molecular weight excluding hydrogens is 480 g/mol. The van der Waals surface area contributed by atoms with Gasteiger partial charge in [0.1, 0.15) is 0 Å². The standard InChI is InChI=1S/C17H30.C8H14O2.C5H8.C4H8O.2CH4/c1-6-10-16(4)12-9-14-17(5)13-8-11-15(3)7-2;1-3-7(9-5-1)8-4-2-6-10-8;1-4-5(2)3;1-2-4-5-3-1;;/h10-11,14H,6-9,12-13H2,1-5H3;7-8H,1-6H2;4H,1-2H2,3H3;1-4H2;2*1H4/b15-11+,16-10+,17-14+;;;;;. The molecule has 0 aliphatic carbocycles. The fourth-order valence-electron chi connectivity index (χ4n) is 4.09. The van der Waals surface area contributed by atoms with Crippen molar-refractivity contribution in [3.63, 3.8) is 0 Å². The second-order valence-corrected chi connectivity index (χ2v) is 10.5. The Labute approximate surface area is 245 Å². The lowest BCUT2D eigenvalue weighted by molar-refractivity contribution is -0.0173. The molecule has 3 aliphatic rings. The Bertz CT molecular complexity index is 633. The summed E-state index contributed by atoms with van der Waals surface area (Å²) in [5.41, 5.74) is 5.59. The molecule has 3 fully saturated rings. The number of hydrogen-bond donors (Lipinski definition) is 0. The number of rotatable bonds is 10. The average molecular weight is 549 g/mol. The van der Waals surface area contributed by atoms with E-state index in [0.29, 0.717) is 12.2 Å². The van der Waals surface area contributed by atoms with Crippen LogP contribution in [0.3, 0.4) is 0 Å². The highest BCUT2D eigenvalue weighted by molar-refractivity contribution is 5.06. The predicted octanol–water partition coefficient (Wildman–Crippen LogP) is 11.4. The van der Waals surface area contributed by atoms with Gasteiger partial charge in [-0.2, -0.15) is 0 Å². The molecule has 3 heterocycles. The summed E-state index contributed by atoms with van der Waals surface area (Å²) in [5.74, 6) is 0. The molecule has 0 N–H and O–H groups in total. The van der Waals surface area contributed by atoms with Gasteiger partial charge in [0.2, 0.25) is 0 Å². The Morgan fingerprint density at radius 1 is 0.692 bits per heavy atom. The maximum Gasteiger partial charge on any atom is 0.0837 e. The first-order valence-electron chi connectivity index (χ1n) is 14.9. The largest absolute Gasteiger partial charge is 0.381 e. The van der Waals surface area contributed by atoms with Crippen LogP contribution in [-0.2, 0) is 14.2 Å². The van der Waals surface area contributed by atoms with E-state index in [-0.39, 0.29) is 14.9 Å². The van der Waals surface area contributed by atoms with Gasteiger partial charge in [-0.25, -0.2) is 0 Å². The van der Waals surface area contributed by atoms with Gasteiger partial charge in [0.25, 0.3) is 0 Å². The lowest BCUT2D eigenvalue weighted by atomic mass is 10.1. The summed E-state index contributed by atoms with van der Waals surface area (Å²) >= 11 is 0. The summed E-state index contributed by atoms with van der Waals surface area (Å²) in [6, 6.07) is 0. The Morgan fingerprint density at radius 3 is 1.44 bits per heavy atom. The van der Waals surface area contributed by atoms with Gasteiger partial charge in [0, 0.05) is 26.4 Å². The minimum atomic E-state index is 0. The molecular formula is C36H68O3.